The smallest absolute Gasteiger partial charge is 0.123 e. The van der Waals surface area contributed by atoms with Gasteiger partial charge in [0.2, 0.25) is 0 Å². The van der Waals surface area contributed by atoms with Crippen molar-refractivity contribution in [1.82, 2.24) is 0 Å². The van der Waals surface area contributed by atoms with E-state index in [0.717, 1.165) is 30.4 Å². The fourth-order valence-corrected chi connectivity index (χ4v) is 3.27. The third-order valence-corrected chi connectivity index (χ3v) is 4.18. The first-order valence-corrected chi connectivity index (χ1v) is 6.75. The van der Waals surface area contributed by atoms with E-state index >= 15 is 0 Å². The van der Waals surface area contributed by atoms with E-state index in [9.17, 15) is 4.39 Å². The highest BCUT2D eigenvalue weighted by Crippen LogP contribution is 2.39. The Bertz CT molecular complexity index is 620. The van der Waals surface area contributed by atoms with Gasteiger partial charge >= 0.3 is 0 Å². The molecule has 1 aliphatic carbocycles. The van der Waals surface area contributed by atoms with Crippen molar-refractivity contribution in [2.24, 2.45) is 5.73 Å². The Morgan fingerprint density at radius 2 is 1.89 bits per heavy atom. The number of halogens is 1. The molecule has 0 radical (unpaired) electrons. The Kier molecular flexibility index (Phi) is 2.90. The van der Waals surface area contributed by atoms with Gasteiger partial charge in [0.05, 0.1) is 5.54 Å². The van der Waals surface area contributed by atoms with E-state index < -0.39 is 5.54 Å². The lowest BCUT2D eigenvalue weighted by atomic mass is 9.72. The SMILES string of the molecule is Cc1cc(F)ccc1C1(N)CCCc2ccccc21. The first kappa shape index (κ1) is 12.4. The Morgan fingerprint density at radius 1 is 1.11 bits per heavy atom. The minimum absolute atomic E-state index is 0.200. The van der Waals surface area contributed by atoms with E-state index in [2.05, 4.69) is 18.2 Å². The van der Waals surface area contributed by atoms with Gasteiger partial charge < -0.3 is 5.73 Å². The zero-order chi connectivity index (χ0) is 13.5. The summed E-state index contributed by atoms with van der Waals surface area (Å²) in [7, 11) is 0. The second-order valence-corrected chi connectivity index (χ2v) is 5.44. The average molecular weight is 255 g/mol. The van der Waals surface area contributed by atoms with Gasteiger partial charge in [-0.15, -0.1) is 0 Å². The third kappa shape index (κ3) is 1.96. The molecule has 19 heavy (non-hydrogen) atoms. The maximum Gasteiger partial charge on any atom is 0.123 e. The fourth-order valence-electron chi connectivity index (χ4n) is 3.27. The molecule has 1 unspecified atom stereocenters. The number of hydrogen-bond acceptors (Lipinski definition) is 1. The van der Waals surface area contributed by atoms with Crippen LogP contribution in [0.3, 0.4) is 0 Å². The van der Waals surface area contributed by atoms with Crippen LogP contribution < -0.4 is 5.73 Å². The van der Waals surface area contributed by atoms with Crippen molar-refractivity contribution < 1.29 is 4.39 Å². The van der Waals surface area contributed by atoms with Gasteiger partial charge in [0.1, 0.15) is 5.82 Å². The highest BCUT2D eigenvalue weighted by molar-refractivity contribution is 5.47. The van der Waals surface area contributed by atoms with Crippen molar-refractivity contribution in [1.29, 1.82) is 0 Å². The highest BCUT2D eigenvalue weighted by atomic mass is 19.1. The van der Waals surface area contributed by atoms with Gasteiger partial charge in [-0.25, -0.2) is 4.39 Å². The summed E-state index contributed by atoms with van der Waals surface area (Å²) in [5, 5.41) is 0. The Morgan fingerprint density at radius 3 is 2.68 bits per heavy atom. The van der Waals surface area contributed by atoms with Gasteiger partial charge in [0.15, 0.2) is 0 Å². The summed E-state index contributed by atoms with van der Waals surface area (Å²) in [6.45, 7) is 1.93. The number of rotatable bonds is 1. The van der Waals surface area contributed by atoms with Gasteiger partial charge in [-0.05, 0) is 60.6 Å². The topological polar surface area (TPSA) is 26.0 Å². The number of aryl methyl sites for hydroxylation is 2. The molecule has 0 spiro atoms. The first-order valence-electron chi connectivity index (χ1n) is 6.75. The summed E-state index contributed by atoms with van der Waals surface area (Å²) in [6, 6.07) is 13.3. The maximum absolute atomic E-state index is 13.3. The third-order valence-electron chi connectivity index (χ3n) is 4.18. The van der Waals surface area contributed by atoms with Crippen LogP contribution in [0.1, 0.15) is 35.1 Å². The van der Waals surface area contributed by atoms with Crippen LogP contribution in [-0.4, -0.2) is 0 Å². The van der Waals surface area contributed by atoms with Crippen molar-refractivity contribution in [3.05, 3.63) is 70.5 Å². The molecule has 2 N–H and O–H groups in total. The average Bonchev–Trinajstić information content (AvgIpc) is 2.39. The summed E-state index contributed by atoms with van der Waals surface area (Å²) in [4.78, 5) is 0. The van der Waals surface area contributed by atoms with E-state index in [0.29, 0.717) is 0 Å². The van der Waals surface area contributed by atoms with E-state index in [1.165, 1.54) is 17.2 Å². The van der Waals surface area contributed by atoms with Crippen molar-refractivity contribution in [3.63, 3.8) is 0 Å². The van der Waals surface area contributed by atoms with Crippen LogP contribution in [-0.2, 0) is 12.0 Å². The summed E-state index contributed by atoms with van der Waals surface area (Å²) in [5.74, 6) is -0.200. The first-order chi connectivity index (χ1) is 9.11. The lowest BCUT2D eigenvalue weighted by Crippen LogP contribution is -2.41. The predicted octanol–water partition coefficient (Wildman–Crippen LogP) is 3.67. The largest absolute Gasteiger partial charge is 0.318 e. The van der Waals surface area contributed by atoms with Crippen LogP contribution in [0.4, 0.5) is 4.39 Å². The molecule has 98 valence electrons. The minimum atomic E-state index is -0.480. The van der Waals surface area contributed by atoms with E-state index in [1.54, 1.807) is 6.07 Å². The fraction of sp³-hybridized carbons (Fsp3) is 0.294. The Labute approximate surface area is 113 Å². The molecule has 0 saturated carbocycles. The monoisotopic (exact) mass is 255 g/mol. The van der Waals surface area contributed by atoms with Gasteiger partial charge in [0, 0.05) is 0 Å². The maximum atomic E-state index is 13.3. The van der Waals surface area contributed by atoms with Gasteiger partial charge in [-0.1, -0.05) is 30.3 Å². The quantitative estimate of drug-likeness (QED) is 0.826. The number of benzene rings is 2. The molecule has 2 heteroatoms. The zero-order valence-corrected chi connectivity index (χ0v) is 11.1. The molecule has 1 atom stereocenters. The molecule has 1 aliphatic rings. The van der Waals surface area contributed by atoms with Crippen molar-refractivity contribution >= 4 is 0 Å². The van der Waals surface area contributed by atoms with Gasteiger partial charge in [-0.2, -0.15) is 0 Å². The van der Waals surface area contributed by atoms with Crippen LogP contribution in [0.5, 0.6) is 0 Å². The number of hydrogen-bond donors (Lipinski definition) is 1. The lowest BCUT2D eigenvalue weighted by Gasteiger charge is -2.37. The van der Waals surface area contributed by atoms with Crippen LogP contribution in [0.25, 0.3) is 0 Å². The lowest BCUT2D eigenvalue weighted by molar-refractivity contribution is 0.440. The molecular formula is C17H18FN. The molecule has 1 nitrogen and oxygen atoms in total. The van der Waals surface area contributed by atoms with E-state index in [4.69, 9.17) is 5.73 Å². The van der Waals surface area contributed by atoms with Crippen LogP contribution in [0.15, 0.2) is 42.5 Å². The summed E-state index contributed by atoms with van der Waals surface area (Å²) in [6.07, 6.45) is 3.07. The van der Waals surface area contributed by atoms with Crippen LogP contribution in [0, 0.1) is 12.7 Å². The zero-order valence-electron chi connectivity index (χ0n) is 11.1. The molecule has 0 fully saturated rings. The van der Waals surface area contributed by atoms with Crippen LogP contribution >= 0.6 is 0 Å². The van der Waals surface area contributed by atoms with Gasteiger partial charge in [0.25, 0.3) is 0 Å². The summed E-state index contributed by atoms with van der Waals surface area (Å²) < 4.78 is 13.3. The normalized spacial score (nSPS) is 22.1. The van der Waals surface area contributed by atoms with E-state index in [-0.39, 0.29) is 5.82 Å². The number of nitrogens with two attached hydrogens (primary N) is 1. The predicted molar refractivity (Wildman–Crippen MR) is 75.5 cm³/mol. The molecule has 3 rings (SSSR count). The number of fused-ring (bicyclic) bond motifs is 1. The molecule has 0 aromatic heterocycles. The molecule has 0 saturated heterocycles. The molecule has 0 bridgehead atoms. The standard InChI is InChI=1S/C17H18FN/c1-12-11-14(18)8-9-15(12)17(19)10-4-6-13-5-2-3-7-16(13)17/h2-3,5,7-9,11H,4,6,10,19H2,1H3. The molecule has 0 amide bonds. The molecule has 0 heterocycles. The Balaban J connectivity index is 2.19. The molecule has 2 aromatic rings. The van der Waals surface area contributed by atoms with Crippen molar-refractivity contribution in [2.75, 3.05) is 0 Å². The van der Waals surface area contributed by atoms with Gasteiger partial charge in [-0.3, -0.25) is 0 Å². The second-order valence-electron chi connectivity index (χ2n) is 5.44. The molecule has 0 aliphatic heterocycles. The van der Waals surface area contributed by atoms with Crippen LogP contribution in [0.2, 0.25) is 0 Å². The molecular weight excluding hydrogens is 237 g/mol. The Hall–Kier alpha value is -1.67. The summed E-state index contributed by atoms with van der Waals surface area (Å²) in [5.41, 5.74) is 10.7. The van der Waals surface area contributed by atoms with Crippen molar-refractivity contribution in [2.45, 2.75) is 31.7 Å². The summed E-state index contributed by atoms with van der Waals surface area (Å²) >= 11 is 0. The van der Waals surface area contributed by atoms with Crippen molar-refractivity contribution in [3.8, 4) is 0 Å². The second kappa shape index (κ2) is 4.46. The highest BCUT2D eigenvalue weighted by Gasteiger charge is 2.35. The van der Waals surface area contributed by atoms with E-state index in [1.807, 2.05) is 19.1 Å². The molecule has 2 aromatic carbocycles. The minimum Gasteiger partial charge on any atom is -0.318 e.